The van der Waals surface area contributed by atoms with E-state index in [0.717, 1.165) is 4.88 Å². The molecule has 0 aliphatic carbocycles. The van der Waals surface area contributed by atoms with Crippen molar-refractivity contribution in [2.45, 2.75) is 13.8 Å². The van der Waals surface area contributed by atoms with Crippen LogP contribution >= 0.6 is 11.3 Å². The first-order valence-corrected chi connectivity index (χ1v) is 6.70. The maximum atomic E-state index is 5.29. The Morgan fingerprint density at radius 2 is 2.00 bits per heavy atom. The Hall–Kier alpha value is -1.91. The summed E-state index contributed by atoms with van der Waals surface area (Å²) in [7, 11) is 0. The highest BCUT2D eigenvalue weighted by Gasteiger charge is 2.13. The highest BCUT2D eigenvalue weighted by atomic mass is 32.1. The van der Waals surface area contributed by atoms with Gasteiger partial charge in [-0.05, 0) is 31.0 Å². The lowest BCUT2D eigenvalue weighted by atomic mass is 10.1. The summed E-state index contributed by atoms with van der Waals surface area (Å²) in [6.45, 7) is 7.62. The van der Waals surface area contributed by atoms with Gasteiger partial charge in [-0.1, -0.05) is 36.9 Å². The topological polar surface area (TPSA) is 47.6 Å². The molecule has 2 aromatic rings. The standard InChI is InChI=1S/C15H16N2OS/c1-10(2)17-15(18-16)14-9-13(11(3)19-14)12-7-5-4-6-8-12/h4-9H,1,16H2,2-3H3. The monoisotopic (exact) mass is 272 g/mol. The second kappa shape index (κ2) is 5.82. The molecule has 0 atom stereocenters. The summed E-state index contributed by atoms with van der Waals surface area (Å²) in [4.78, 5) is 11.2. The fourth-order valence-corrected chi connectivity index (χ4v) is 2.78. The minimum absolute atomic E-state index is 0.405. The molecule has 0 unspecified atom stereocenters. The third kappa shape index (κ3) is 3.10. The Morgan fingerprint density at radius 1 is 1.32 bits per heavy atom. The highest BCUT2D eigenvalue weighted by molar-refractivity contribution is 7.14. The predicted octanol–water partition coefficient (Wildman–Crippen LogP) is 3.89. The molecule has 98 valence electrons. The molecular formula is C15H16N2OS. The van der Waals surface area contributed by atoms with Gasteiger partial charge in [0, 0.05) is 10.6 Å². The molecule has 3 nitrogen and oxygen atoms in total. The molecule has 2 rings (SSSR count). The van der Waals surface area contributed by atoms with Gasteiger partial charge in [0.15, 0.2) is 0 Å². The first kappa shape index (κ1) is 13.5. The number of hydrogen-bond acceptors (Lipinski definition) is 4. The average Bonchev–Trinajstić information content (AvgIpc) is 2.79. The molecule has 0 aliphatic heterocycles. The van der Waals surface area contributed by atoms with E-state index in [2.05, 4.69) is 30.6 Å². The molecule has 0 amide bonds. The molecule has 1 heterocycles. The normalized spacial score (nSPS) is 11.4. The van der Waals surface area contributed by atoms with Crippen LogP contribution in [0.2, 0.25) is 0 Å². The minimum atomic E-state index is 0.405. The van der Waals surface area contributed by atoms with Gasteiger partial charge >= 0.3 is 0 Å². The predicted molar refractivity (Wildman–Crippen MR) is 81.1 cm³/mol. The third-order valence-corrected chi connectivity index (χ3v) is 3.66. The van der Waals surface area contributed by atoms with Crippen molar-refractivity contribution < 1.29 is 4.84 Å². The van der Waals surface area contributed by atoms with Crippen LogP contribution in [-0.4, -0.2) is 5.90 Å². The molecule has 1 aromatic carbocycles. The maximum Gasteiger partial charge on any atom is 0.255 e. The maximum absolute atomic E-state index is 5.29. The summed E-state index contributed by atoms with van der Waals surface area (Å²) in [5, 5.41) is 0. The van der Waals surface area contributed by atoms with E-state index >= 15 is 0 Å². The van der Waals surface area contributed by atoms with Gasteiger partial charge in [0.1, 0.15) is 0 Å². The highest BCUT2D eigenvalue weighted by Crippen LogP contribution is 2.31. The summed E-state index contributed by atoms with van der Waals surface area (Å²) in [5.41, 5.74) is 3.01. The van der Waals surface area contributed by atoms with Gasteiger partial charge in [-0.3, -0.25) is 0 Å². The van der Waals surface area contributed by atoms with Crippen LogP contribution in [0, 0.1) is 6.92 Å². The molecule has 0 saturated heterocycles. The molecule has 1 aromatic heterocycles. The van der Waals surface area contributed by atoms with Crippen molar-refractivity contribution in [2.75, 3.05) is 0 Å². The molecule has 0 spiro atoms. The second-order valence-corrected chi connectivity index (χ2v) is 5.47. The number of thiophene rings is 1. The summed E-state index contributed by atoms with van der Waals surface area (Å²) >= 11 is 1.61. The lowest BCUT2D eigenvalue weighted by Crippen LogP contribution is -2.10. The number of nitrogens with two attached hydrogens (primary N) is 1. The van der Waals surface area contributed by atoms with E-state index in [4.69, 9.17) is 10.7 Å². The Morgan fingerprint density at radius 3 is 2.58 bits per heavy atom. The number of allylic oxidation sites excluding steroid dienone is 1. The van der Waals surface area contributed by atoms with Gasteiger partial charge in [-0.15, -0.1) is 11.3 Å². The van der Waals surface area contributed by atoms with Crippen molar-refractivity contribution >= 4 is 17.2 Å². The van der Waals surface area contributed by atoms with Crippen LogP contribution in [-0.2, 0) is 4.84 Å². The number of nitrogens with zero attached hydrogens (tertiary/aromatic N) is 1. The fourth-order valence-electron chi connectivity index (χ4n) is 1.80. The van der Waals surface area contributed by atoms with Gasteiger partial charge in [0.25, 0.3) is 5.90 Å². The first-order valence-electron chi connectivity index (χ1n) is 5.89. The lowest BCUT2D eigenvalue weighted by molar-refractivity contribution is 0.322. The first-order chi connectivity index (χ1) is 9.11. The second-order valence-electron chi connectivity index (χ2n) is 4.22. The Balaban J connectivity index is 2.44. The molecule has 4 heteroatoms. The molecule has 0 fully saturated rings. The van der Waals surface area contributed by atoms with E-state index in [-0.39, 0.29) is 0 Å². The zero-order chi connectivity index (χ0) is 13.8. The van der Waals surface area contributed by atoms with Gasteiger partial charge in [0.2, 0.25) is 0 Å². The van der Waals surface area contributed by atoms with E-state index < -0.39 is 0 Å². The quantitative estimate of drug-likeness (QED) is 0.523. The van der Waals surface area contributed by atoms with E-state index in [1.54, 1.807) is 18.3 Å². The van der Waals surface area contributed by atoms with Crippen LogP contribution in [0.25, 0.3) is 11.1 Å². The molecule has 2 N–H and O–H groups in total. The molecule has 19 heavy (non-hydrogen) atoms. The fraction of sp³-hybridized carbons (Fsp3) is 0.133. The van der Waals surface area contributed by atoms with Crippen molar-refractivity contribution in [1.82, 2.24) is 0 Å². The van der Waals surface area contributed by atoms with E-state index in [1.807, 2.05) is 24.3 Å². The largest absolute Gasteiger partial charge is 0.390 e. The Kier molecular flexibility index (Phi) is 4.14. The molecular weight excluding hydrogens is 256 g/mol. The van der Waals surface area contributed by atoms with Gasteiger partial charge in [0.05, 0.1) is 4.88 Å². The van der Waals surface area contributed by atoms with E-state index in [1.165, 1.54) is 16.0 Å². The number of aliphatic imine (C=N–C) groups is 1. The van der Waals surface area contributed by atoms with E-state index in [9.17, 15) is 0 Å². The summed E-state index contributed by atoms with van der Waals surface area (Å²) < 4.78 is 0. The van der Waals surface area contributed by atoms with Crippen LogP contribution in [0.4, 0.5) is 0 Å². The van der Waals surface area contributed by atoms with Crippen LogP contribution in [0.3, 0.4) is 0 Å². The van der Waals surface area contributed by atoms with Gasteiger partial charge in [-0.2, -0.15) is 5.90 Å². The van der Waals surface area contributed by atoms with Crippen LogP contribution < -0.4 is 5.90 Å². The third-order valence-electron chi connectivity index (χ3n) is 2.62. The van der Waals surface area contributed by atoms with Crippen molar-refractivity contribution in [1.29, 1.82) is 0 Å². The van der Waals surface area contributed by atoms with Gasteiger partial charge in [-0.25, -0.2) is 4.99 Å². The van der Waals surface area contributed by atoms with E-state index in [0.29, 0.717) is 11.6 Å². The zero-order valence-corrected chi connectivity index (χ0v) is 11.8. The number of hydrogen-bond donors (Lipinski definition) is 1. The smallest absolute Gasteiger partial charge is 0.255 e. The summed E-state index contributed by atoms with van der Waals surface area (Å²) in [6, 6.07) is 12.3. The van der Waals surface area contributed by atoms with Gasteiger partial charge < -0.3 is 4.84 Å². The minimum Gasteiger partial charge on any atom is -0.390 e. The summed E-state index contributed by atoms with van der Waals surface area (Å²) in [6.07, 6.45) is 0. The molecule has 0 aliphatic rings. The van der Waals surface area contributed by atoms with Crippen LogP contribution in [0.1, 0.15) is 16.7 Å². The Bertz CT molecular complexity index is 614. The number of rotatable bonds is 3. The van der Waals surface area contributed by atoms with Crippen molar-refractivity contribution in [3.63, 3.8) is 0 Å². The molecule has 0 saturated carbocycles. The number of benzene rings is 1. The average molecular weight is 272 g/mol. The van der Waals surface area contributed by atoms with Crippen molar-refractivity contribution in [3.05, 3.63) is 58.4 Å². The summed E-state index contributed by atoms with van der Waals surface area (Å²) in [5.74, 6) is 5.69. The lowest BCUT2D eigenvalue weighted by Gasteiger charge is -2.00. The SMILES string of the molecule is C=C(C)N=C(ON)c1cc(-c2ccccc2)c(C)s1. The molecule has 0 bridgehead atoms. The zero-order valence-electron chi connectivity index (χ0n) is 11.0. The number of aryl methyl sites for hydroxylation is 1. The van der Waals surface area contributed by atoms with Crippen molar-refractivity contribution in [3.8, 4) is 11.1 Å². The van der Waals surface area contributed by atoms with Crippen LogP contribution in [0.5, 0.6) is 0 Å². The van der Waals surface area contributed by atoms with Crippen molar-refractivity contribution in [2.24, 2.45) is 10.9 Å². The molecule has 0 radical (unpaired) electrons. The Labute approximate surface area is 117 Å². The van der Waals surface area contributed by atoms with Crippen LogP contribution in [0.15, 0.2) is 53.7 Å².